The summed E-state index contributed by atoms with van der Waals surface area (Å²) in [7, 11) is 0. The minimum Gasteiger partial charge on any atom is -0.491 e. The molecule has 0 radical (unpaired) electrons. The summed E-state index contributed by atoms with van der Waals surface area (Å²) in [6.45, 7) is 1.48. The molecule has 0 saturated carbocycles. The SMILES string of the molecule is OC1COCC1OCCOc1ccc(-c2cnc3ccc(F)cn23)cc1. The first-order chi connectivity index (χ1) is 12.7. The number of aliphatic hydroxyl groups is 1. The Morgan fingerprint density at radius 3 is 2.77 bits per heavy atom. The van der Waals surface area contributed by atoms with Crippen LogP contribution in [0.2, 0.25) is 0 Å². The third kappa shape index (κ3) is 3.55. The van der Waals surface area contributed by atoms with E-state index in [-0.39, 0.29) is 11.9 Å². The smallest absolute Gasteiger partial charge is 0.139 e. The van der Waals surface area contributed by atoms with Crippen LogP contribution in [0.4, 0.5) is 4.39 Å². The predicted molar refractivity (Wildman–Crippen MR) is 92.6 cm³/mol. The number of pyridine rings is 1. The van der Waals surface area contributed by atoms with Crippen molar-refractivity contribution < 1.29 is 23.7 Å². The van der Waals surface area contributed by atoms with Crippen LogP contribution in [0.5, 0.6) is 5.75 Å². The summed E-state index contributed by atoms with van der Waals surface area (Å²) in [6.07, 6.45) is 2.29. The highest BCUT2D eigenvalue weighted by Gasteiger charge is 2.26. The molecule has 1 saturated heterocycles. The van der Waals surface area contributed by atoms with Crippen LogP contribution in [0, 0.1) is 5.82 Å². The molecule has 2 aromatic heterocycles. The van der Waals surface area contributed by atoms with Crippen molar-refractivity contribution in [3.8, 4) is 17.0 Å². The van der Waals surface area contributed by atoms with E-state index in [1.807, 2.05) is 24.3 Å². The molecule has 1 aromatic carbocycles. The standard InChI is InChI=1S/C19H19FN2O4/c20-14-3-6-19-21-9-16(22(19)10-14)13-1-4-15(5-2-13)25-7-8-26-18-12-24-11-17(18)23/h1-6,9-10,17-18,23H,7-8,11-12H2. The third-order valence-electron chi connectivity index (χ3n) is 4.30. The van der Waals surface area contributed by atoms with Crippen LogP contribution >= 0.6 is 0 Å². The lowest BCUT2D eigenvalue weighted by Crippen LogP contribution is -2.28. The minimum atomic E-state index is -0.565. The second-order valence-corrected chi connectivity index (χ2v) is 6.11. The van der Waals surface area contributed by atoms with Gasteiger partial charge in [-0.15, -0.1) is 0 Å². The van der Waals surface area contributed by atoms with E-state index < -0.39 is 6.10 Å². The first-order valence-electron chi connectivity index (χ1n) is 8.44. The van der Waals surface area contributed by atoms with Crippen molar-refractivity contribution in [3.05, 3.63) is 54.6 Å². The van der Waals surface area contributed by atoms with Gasteiger partial charge < -0.3 is 19.3 Å². The molecule has 1 N–H and O–H groups in total. The average molecular weight is 358 g/mol. The van der Waals surface area contributed by atoms with Crippen molar-refractivity contribution in [2.75, 3.05) is 26.4 Å². The van der Waals surface area contributed by atoms with Gasteiger partial charge in [0, 0.05) is 11.8 Å². The summed E-state index contributed by atoms with van der Waals surface area (Å²) in [5.41, 5.74) is 2.42. The average Bonchev–Trinajstić information content (AvgIpc) is 3.25. The highest BCUT2D eigenvalue weighted by molar-refractivity contribution is 5.64. The molecule has 3 aromatic rings. The van der Waals surface area contributed by atoms with E-state index in [9.17, 15) is 9.50 Å². The number of benzene rings is 1. The maximum absolute atomic E-state index is 13.5. The zero-order valence-corrected chi connectivity index (χ0v) is 14.0. The van der Waals surface area contributed by atoms with E-state index >= 15 is 0 Å². The Morgan fingerprint density at radius 1 is 1.15 bits per heavy atom. The monoisotopic (exact) mass is 358 g/mol. The van der Waals surface area contributed by atoms with Crippen LogP contribution in [-0.2, 0) is 9.47 Å². The van der Waals surface area contributed by atoms with Gasteiger partial charge in [0.25, 0.3) is 0 Å². The number of hydrogen-bond donors (Lipinski definition) is 1. The van der Waals surface area contributed by atoms with Gasteiger partial charge >= 0.3 is 0 Å². The van der Waals surface area contributed by atoms with E-state index in [4.69, 9.17) is 14.2 Å². The molecule has 1 aliphatic heterocycles. The fraction of sp³-hybridized carbons (Fsp3) is 0.316. The highest BCUT2D eigenvalue weighted by atomic mass is 19.1. The Hall–Kier alpha value is -2.48. The Bertz CT molecular complexity index is 881. The summed E-state index contributed by atoms with van der Waals surface area (Å²) >= 11 is 0. The van der Waals surface area contributed by atoms with Crippen LogP contribution < -0.4 is 4.74 Å². The number of fused-ring (bicyclic) bond motifs is 1. The molecule has 0 bridgehead atoms. The molecule has 4 rings (SSSR count). The summed E-state index contributed by atoms with van der Waals surface area (Å²) < 4.78 is 31.5. The van der Waals surface area contributed by atoms with Crippen LogP contribution in [0.25, 0.3) is 16.9 Å². The number of rotatable bonds is 6. The van der Waals surface area contributed by atoms with Crippen LogP contribution in [0.3, 0.4) is 0 Å². The lowest BCUT2D eigenvalue weighted by Gasteiger charge is -2.14. The Kier molecular flexibility index (Phi) is 4.83. The summed E-state index contributed by atoms with van der Waals surface area (Å²) in [5, 5.41) is 9.60. The van der Waals surface area contributed by atoms with Gasteiger partial charge in [0.2, 0.25) is 0 Å². The van der Waals surface area contributed by atoms with Gasteiger partial charge in [0.1, 0.15) is 36.0 Å². The fourth-order valence-corrected chi connectivity index (χ4v) is 2.93. The first kappa shape index (κ1) is 17.0. The summed E-state index contributed by atoms with van der Waals surface area (Å²) in [4.78, 5) is 4.28. The zero-order valence-electron chi connectivity index (χ0n) is 14.0. The molecule has 0 aliphatic carbocycles. The maximum Gasteiger partial charge on any atom is 0.139 e. The molecular formula is C19H19FN2O4. The molecule has 1 fully saturated rings. The van der Waals surface area contributed by atoms with Gasteiger partial charge in [0.15, 0.2) is 0 Å². The van der Waals surface area contributed by atoms with E-state index in [2.05, 4.69) is 4.98 Å². The number of hydrogen-bond acceptors (Lipinski definition) is 5. The Labute approximate surface area is 149 Å². The van der Waals surface area contributed by atoms with Gasteiger partial charge in [-0.05, 0) is 36.4 Å². The highest BCUT2D eigenvalue weighted by Crippen LogP contribution is 2.24. The largest absolute Gasteiger partial charge is 0.491 e. The van der Waals surface area contributed by atoms with Gasteiger partial charge in [0.05, 0.1) is 31.7 Å². The lowest BCUT2D eigenvalue weighted by atomic mass is 10.1. The van der Waals surface area contributed by atoms with Gasteiger partial charge in [-0.1, -0.05) is 0 Å². The molecule has 3 heterocycles. The number of ether oxygens (including phenoxy) is 3. The molecule has 7 heteroatoms. The molecule has 0 amide bonds. The zero-order chi connectivity index (χ0) is 17.9. The molecule has 136 valence electrons. The second kappa shape index (κ2) is 7.41. The van der Waals surface area contributed by atoms with Crippen molar-refractivity contribution >= 4 is 5.65 Å². The van der Waals surface area contributed by atoms with Crippen LogP contribution in [0.15, 0.2) is 48.8 Å². The summed E-state index contributed by atoms with van der Waals surface area (Å²) in [6, 6.07) is 10.5. The molecule has 1 aliphatic rings. The van der Waals surface area contributed by atoms with E-state index in [1.165, 1.54) is 12.3 Å². The quantitative estimate of drug-likeness (QED) is 0.685. The number of halogens is 1. The number of imidazole rings is 1. The van der Waals surface area contributed by atoms with Crippen LogP contribution in [0.1, 0.15) is 0 Å². The predicted octanol–water partition coefficient (Wildman–Crippen LogP) is 2.30. The maximum atomic E-state index is 13.5. The normalized spacial score (nSPS) is 19.9. The summed E-state index contributed by atoms with van der Waals surface area (Å²) in [5.74, 6) is 0.398. The Balaban J connectivity index is 1.36. The molecule has 0 spiro atoms. The van der Waals surface area contributed by atoms with Gasteiger partial charge in [-0.3, -0.25) is 4.40 Å². The number of aromatic nitrogens is 2. The second-order valence-electron chi connectivity index (χ2n) is 6.11. The van der Waals surface area contributed by atoms with Crippen molar-refractivity contribution in [1.29, 1.82) is 0 Å². The van der Waals surface area contributed by atoms with Gasteiger partial charge in [-0.2, -0.15) is 0 Å². The molecule has 6 nitrogen and oxygen atoms in total. The topological polar surface area (TPSA) is 65.2 Å². The van der Waals surface area contributed by atoms with Crippen molar-refractivity contribution in [2.45, 2.75) is 12.2 Å². The molecular weight excluding hydrogens is 339 g/mol. The number of nitrogens with zero attached hydrogens (tertiary/aromatic N) is 2. The van der Waals surface area contributed by atoms with Crippen LogP contribution in [-0.4, -0.2) is 53.1 Å². The van der Waals surface area contributed by atoms with Crippen molar-refractivity contribution in [3.63, 3.8) is 0 Å². The van der Waals surface area contributed by atoms with E-state index in [0.717, 1.165) is 11.3 Å². The third-order valence-corrected chi connectivity index (χ3v) is 4.30. The lowest BCUT2D eigenvalue weighted by molar-refractivity contribution is -0.0196. The fourth-order valence-electron chi connectivity index (χ4n) is 2.93. The van der Waals surface area contributed by atoms with Crippen molar-refractivity contribution in [1.82, 2.24) is 9.38 Å². The van der Waals surface area contributed by atoms with Crippen molar-refractivity contribution in [2.24, 2.45) is 0 Å². The molecule has 2 unspecified atom stereocenters. The number of aliphatic hydroxyl groups excluding tert-OH is 1. The van der Waals surface area contributed by atoms with Gasteiger partial charge in [-0.25, -0.2) is 9.37 Å². The molecule has 2 atom stereocenters. The minimum absolute atomic E-state index is 0.281. The Morgan fingerprint density at radius 2 is 2.00 bits per heavy atom. The van der Waals surface area contributed by atoms with E-state index in [1.54, 1.807) is 16.7 Å². The van der Waals surface area contributed by atoms with E-state index in [0.29, 0.717) is 37.8 Å². The first-order valence-corrected chi connectivity index (χ1v) is 8.44. The molecule has 26 heavy (non-hydrogen) atoms.